The summed E-state index contributed by atoms with van der Waals surface area (Å²) < 4.78 is 5.67. The van der Waals surface area contributed by atoms with Crippen LogP contribution in [0.15, 0.2) is 78.1 Å². The molecule has 0 bridgehead atoms. The molecule has 0 saturated carbocycles. The van der Waals surface area contributed by atoms with Crippen molar-refractivity contribution in [3.05, 3.63) is 84.1 Å². The second-order valence-electron chi connectivity index (χ2n) is 7.06. The van der Waals surface area contributed by atoms with Gasteiger partial charge in [0.25, 0.3) is 0 Å². The van der Waals surface area contributed by atoms with Gasteiger partial charge in [0, 0.05) is 11.8 Å². The van der Waals surface area contributed by atoms with Crippen LogP contribution in [0.5, 0.6) is 5.75 Å². The number of oxime groups is 1. The molecule has 7 heteroatoms. The van der Waals surface area contributed by atoms with E-state index in [-0.39, 0.29) is 0 Å². The van der Waals surface area contributed by atoms with Gasteiger partial charge in [0.2, 0.25) is 0 Å². The number of carboxylic acids is 1. The topological polar surface area (TPSA) is 81.0 Å². The highest BCUT2D eigenvalue weighted by Crippen LogP contribution is 2.19. The number of rotatable bonds is 11. The molecule has 1 unspecified atom stereocenters. The first-order valence-corrected chi connectivity index (χ1v) is 11.5. The molecule has 3 rings (SSSR count). The minimum absolute atomic E-state index is 0.318. The van der Waals surface area contributed by atoms with E-state index in [9.17, 15) is 4.79 Å². The average Bonchev–Trinajstić information content (AvgIpc) is 2.83. The molecular weight excluding hydrogens is 424 g/mol. The van der Waals surface area contributed by atoms with Gasteiger partial charge in [-0.25, -0.2) is 0 Å². The summed E-state index contributed by atoms with van der Waals surface area (Å²) in [6, 6.07) is 21.3. The number of hydrogen-bond donors (Lipinski definition) is 1. The second-order valence-corrected chi connectivity index (χ2v) is 8.10. The first-order valence-electron chi connectivity index (χ1n) is 10.2. The van der Waals surface area contributed by atoms with Gasteiger partial charge in [-0.3, -0.25) is 9.78 Å². The maximum absolute atomic E-state index is 11.1. The Labute approximate surface area is 192 Å². The van der Waals surface area contributed by atoms with Gasteiger partial charge < -0.3 is 14.7 Å². The fraction of sp³-hybridized carbons (Fsp3) is 0.240. The van der Waals surface area contributed by atoms with Gasteiger partial charge in [-0.2, -0.15) is 0 Å². The van der Waals surface area contributed by atoms with Crippen molar-refractivity contribution in [2.45, 2.75) is 18.6 Å². The standard InChI is InChI=1S/C25H26N2O4S/c1-18(20-8-10-21(11-9-20)23-5-3-4-14-26-23)27-31-16-15-30-22-12-6-19(7-13-22)17-24(32-2)25(28)29/h3-14,24H,15-17H2,1-2H3,(H,28,29)/b27-18-. The summed E-state index contributed by atoms with van der Waals surface area (Å²) in [5.41, 5.74) is 4.70. The molecule has 0 aliphatic carbocycles. The lowest BCUT2D eigenvalue weighted by Crippen LogP contribution is -2.18. The SMILES string of the molecule is CSC(Cc1ccc(OCCO/N=C(/C)c2ccc(-c3ccccn3)cc2)cc1)C(=O)O. The summed E-state index contributed by atoms with van der Waals surface area (Å²) in [5, 5.41) is 12.9. The van der Waals surface area contributed by atoms with Crippen LogP contribution in [0.3, 0.4) is 0 Å². The highest BCUT2D eigenvalue weighted by atomic mass is 32.2. The zero-order valence-electron chi connectivity index (χ0n) is 18.1. The number of carbonyl (C=O) groups is 1. The molecule has 3 aromatic rings. The third kappa shape index (κ3) is 6.85. The molecule has 1 aromatic heterocycles. The van der Waals surface area contributed by atoms with Gasteiger partial charge >= 0.3 is 5.97 Å². The van der Waals surface area contributed by atoms with Crippen LogP contribution in [-0.2, 0) is 16.1 Å². The van der Waals surface area contributed by atoms with Crippen molar-refractivity contribution in [3.63, 3.8) is 0 Å². The van der Waals surface area contributed by atoms with Crippen LogP contribution in [0.1, 0.15) is 18.1 Å². The Morgan fingerprint density at radius 2 is 1.81 bits per heavy atom. The Kier molecular flexibility index (Phi) is 8.69. The van der Waals surface area contributed by atoms with Crippen molar-refractivity contribution in [2.24, 2.45) is 5.16 Å². The average molecular weight is 451 g/mol. The van der Waals surface area contributed by atoms with Crippen molar-refractivity contribution in [3.8, 4) is 17.0 Å². The van der Waals surface area contributed by atoms with E-state index in [1.807, 2.05) is 73.7 Å². The molecule has 0 spiro atoms. The van der Waals surface area contributed by atoms with E-state index in [0.717, 1.165) is 28.1 Å². The Morgan fingerprint density at radius 3 is 2.44 bits per heavy atom. The van der Waals surface area contributed by atoms with E-state index in [1.54, 1.807) is 12.5 Å². The van der Waals surface area contributed by atoms with Gasteiger partial charge in [-0.15, -0.1) is 11.8 Å². The van der Waals surface area contributed by atoms with Crippen LogP contribution in [0.2, 0.25) is 0 Å². The number of aliphatic carboxylic acids is 1. The molecule has 6 nitrogen and oxygen atoms in total. The second kappa shape index (κ2) is 11.9. The Hall–Kier alpha value is -3.32. The first-order chi connectivity index (χ1) is 15.6. The van der Waals surface area contributed by atoms with Crippen LogP contribution in [-0.4, -0.2) is 46.5 Å². The zero-order chi connectivity index (χ0) is 22.8. The monoisotopic (exact) mass is 450 g/mol. The van der Waals surface area contributed by atoms with Crippen LogP contribution in [0.4, 0.5) is 0 Å². The highest BCUT2D eigenvalue weighted by molar-refractivity contribution is 7.99. The number of hydrogen-bond acceptors (Lipinski definition) is 6. The van der Waals surface area contributed by atoms with E-state index in [1.165, 1.54) is 11.8 Å². The number of carboxylic acid groups (broad SMARTS) is 1. The van der Waals surface area contributed by atoms with Gasteiger partial charge in [-0.05, 0) is 55.0 Å². The summed E-state index contributed by atoms with van der Waals surface area (Å²) in [6.45, 7) is 2.57. The molecule has 32 heavy (non-hydrogen) atoms. The molecule has 0 fully saturated rings. The fourth-order valence-corrected chi connectivity index (χ4v) is 3.58. The molecular formula is C25H26N2O4S. The predicted molar refractivity (Wildman–Crippen MR) is 128 cm³/mol. The largest absolute Gasteiger partial charge is 0.490 e. The molecule has 1 heterocycles. The molecule has 166 valence electrons. The molecule has 0 radical (unpaired) electrons. The molecule has 1 N–H and O–H groups in total. The van der Waals surface area contributed by atoms with Gasteiger partial charge in [-0.1, -0.05) is 47.6 Å². The molecule has 0 saturated heterocycles. The Morgan fingerprint density at radius 1 is 1.06 bits per heavy atom. The fourth-order valence-electron chi connectivity index (χ4n) is 3.01. The zero-order valence-corrected chi connectivity index (χ0v) is 18.9. The number of thioether (sulfide) groups is 1. The van der Waals surface area contributed by atoms with Crippen LogP contribution < -0.4 is 4.74 Å². The molecule has 0 aliphatic heterocycles. The van der Waals surface area contributed by atoms with Crippen LogP contribution >= 0.6 is 11.8 Å². The number of nitrogens with zero attached hydrogens (tertiary/aromatic N) is 2. The van der Waals surface area contributed by atoms with Crippen molar-refractivity contribution in [1.82, 2.24) is 4.98 Å². The summed E-state index contributed by atoms with van der Waals surface area (Å²) in [4.78, 5) is 20.9. The van der Waals surface area contributed by atoms with Gasteiger partial charge in [0.15, 0.2) is 6.61 Å². The Balaban J connectivity index is 1.43. The number of benzene rings is 2. The first kappa shape index (κ1) is 23.3. The summed E-state index contributed by atoms with van der Waals surface area (Å²) in [7, 11) is 0. The van der Waals surface area contributed by atoms with E-state index in [0.29, 0.717) is 25.4 Å². The quantitative estimate of drug-likeness (QED) is 0.254. The molecule has 2 aromatic carbocycles. The number of pyridine rings is 1. The van der Waals surface area contributed by atoms with Crippen LogP contribution in [0.25, 0.3) is 11.3 Å². The summed E-state index contributed by atoms with van der Waals surface area (Å²) in [5.74, 6) is -0.0887. The van der Waals surface area contributed by atoms with E-state index in [4.69, 9.17) is 14.7 Å². The maximum atomic E-state index is 11.1. The molecule has 0 amide bonds. The van der Waals surface area contributed by atoms with Crippen molar-refractivity contribution in [2.75, 3.05) is 19.5 Å². The normalized spacial score (nSPS) is 12.2. The van der Waals surface area contributed by atoms with E-state index < -0.39 is 11.2 Å². The van der Waals surface area contributed by atoms with Crippen molar-refractivity contribution >= 4 is 23.4 Å². The van der Waals surface area contributed by atoms with Gasteiger partial charge in [0.05, 0.1) is 11.4 Å². The van der Waals surface area contributed by atoms with Crippen LogP contribution in [0, 0.1) is 0 Å². The number of aromatic nitrogens is 1. The third-order valence-electron chi connectivity index (χ3n) is 4.81. The van der Waals surface area contributed by atoms with E-state index >= 15 is 0 Å². The third-order valence-corrected chi connectivity index (χ3v) is 5.75. The van der Waals surface area contributed by atoms with E-state index in [2.05, 4.69) is 10.1 Å². The summed E-state index contributed by atoms with van der Waals surface area (Å²) in [6.07, 6.45) is 4.06. The lowest BCUT2D eigenvalue weighted by atomic mass is 10.1. The summed E-state index contributed by atoms with van der Waals surface area (Å²) >= 11 is 1.33. The van der Waals surface area contributed by atoms with Gasteiger partial charge in [0.1, 0.15) is 17.6 Å². The molecule has 1 atom stereocenters. The lowest BCUT2D eigenvalue weighted by Gasteiger charge is -2.10. The molecule has 0 aliphatic rings. The van der Waals surface area contributed by atoms with Crippen molar-refractivity contribution in [1.29, 1.82) is 0 Å². The highest BCUT2D eigenvalue weighted by Gasteiger charge is 2.16. The van der Waals surface area contributed by atoms with Crippen molar-refractivity contribution < 1.29 is 19.5 Å². The minimum Gasteiger partial charge on any atom is -0.490 e. The lowest BCUT2D eigenvalue weighted by molar-refractivity contribution is -0.136. The maximum Gasteiger partial charge on any atom is 0.316 e. The smallest absolute Gasteiger partial charge is 0.316 e. The Bertz CT molecular complexity index is 1020. The minimum atomic E-state index is -0.796. The number of ether oxygens (including phenoxy) is 1. The predicted octanol–water partition coefficient (Wildman–Crippen LogP) is 4.93.